The van der Waals surface area contributed by atoms with Crippen molar-refractivity contribution in [3.8, 4) is 0 Å². The van der Waals surface area contributed by atoms with Crippen LogP contribution in [0.15, 0.2) is 0 Å². The molecule has 2 saturated heterocycles. The average Bonchev–Trinajstić information content (AvgIpc) is 2.62. The zero-order chi connectivity index (χ0) is 17.9. The maximum atomic E-state index is 12.6. The number of nitrogens with zero attached hydrogens (tertiary/aromatic N) is 2. The number of sulfonamides is 1. The SMILES string of the molecule is CS(=O)(=O)N1CCC(OC2CCN(C(=O)C3CCCCC3)CC2)CC1. The van der Waals surface area contributed by atoms with Crippen LogP contribution in [0.4, 0.5) is 0 Å². The summed E-state index contributed by atoms with van der Waals surface area (Å²) in [6, 6.07) is 0. The van der Waals surface area contributed by atoms with Gasteiger partial charge in [-0.2, -0.15) is 0 Å². The van der Waals surface area contributed by atoms with Crippen LogP contribution < -0.4 is 0 Å². The molecule has 0 aromatic rings. The van der Waals surface area contributed by atoms with Crippen LogP contribution in [0.5, 0.6) is 0 Å². The van der Waals surface area contributed by atoms with Crippen molar-refractivity contribution in [2.45, 2.75) is 70.0 Å². The standard InChI is InChI=1S/C18H32N2O4S/c1-25(22,23)20-13-9-17(10-14-20)24-16-7-11-19(12-8-16)18(21)15-5-3-2-4-6-15/h15-17H,2-14H2,1H3. The van der Waals surface area contributed by atoms with Crippen LogP contribution in [0, 0.1) is 5.92 Å². The van der Waals surface area contributed by atoms with Gasteiger partial charge in [-0.25, -0.2) is 12.7 Å². The monoisotopic (exact) mass is 372 g/mol. The van der Waals surface area contributed by atoms with Gasteiger partial charge in [0, 0.05) is 32.1 Å². The van der Waals surface area contributed by atoms with Crippen molar-refractivity contribution in [2.75, 3.05) is 32.4 Å². The van der Waals surface area contributed by atoms with Crippen molar-refractivity contribution >= 4 is 15.9 Å². The summed E-state index contributed by atoms with van der Waals surface area (Å²) in [6.07, 6.45) is 10.8. The Morgan fingerprint density at radius 3 is 1.88 bits per heavy atom. The molecule has 3 aliphatic rings. The molecule has 1 saturated carbocycles. The fraction of sp³-hybridized carbons (Fsp3) is 0.944. The fourth-order valence-corrected chi connectivity index (χ4v) is 5.27. The first-order valence-corrected chi connectivity index (χ1v) is 11.7. The molecule has 2 heterocycles. The summed E-state index contributed by atoms with van der Waals surface area (Å²) in [5, 5.41) is 0. The van der Waals surface area contributed by atoms with E-state index in [0.717, 1.165) is 51.6 Å². The zero-order valence-electron chi connectivity index (χ0n) is 15.4. The van der Waals surface area contributed by atoms with Crippen LogP contribution in [-0.4, -0.2) is 68.2 Å². The third-order valence-electron chi connectivity index (χ3n) is 5.96. The molecule has 0 spiro atoms. The molecular weight excluding hydrogens is 340 g/mol. The summed E-state index contributed by atoms with van der Waals surface area (Å²) in [7, 11) is -3.08. The molecule has 0 bridgehead atoms. The summed E-state index contributed by atoms with van der Waals surface area (Å²) >= 11 is 0. The number of ether oxygens (including phenoxy) is 1. The van der Waals surface area contributed by atoms with Crippen molar-refractivity contribution in [1.82, 2.24) is 9.21 Å². The van der Waals surface area contributed by atoms with E-state index in [2.05, 4.69) is 0 Å². The van der Waals surface area contributed by atoms with Crippen LogP contribution in [0.25, 0.3) is 0 Å². The summed E-state index contributed by atoms with van der Waals surface area (Å²) in [5.41, 5.74) is 0. The van der Waals surface area contributed by atoms with E-state index in [1.54, 1.807) is 0 Å². The minimum absolute atomic E-state index is 0.156. The molecular formula is C18H32N2O4S. The first-order chi connectivity index (χ1) is 11.9. The first-order valence-electron chi connectivity index (χ1n) is 9.83. The fourth-order valence-electron chi connectivity index (χ4n) is 4.39. The van der Waals surface area contributed by atoms with E-state index in [1.807, 2.05) is 4.90 Å². The van der Waals surface area contributed by atoms with Crippen LogP contribution in [0.1, 0.15) is 57.8 Å². The summed E-state index contributed by atoms with van der Waals surface area (Å²) < 4.78 is 30.9. The lowest BCUT2D eigenvalue weighted by Gasteiger charge is -2.38. The van der Waals surface area contributed by atoms with E-state index < -0.39 is 10.0 Å². The first kappa shape index (κ1) is 19.1. The Kier molecular flexibility index (Phi) is 6.39. The van der Waals surface area contributed by atoms with Crippen LogP contribution in [0.2, 0.25) is 0 Å². The molecule has 3 fully saturated rings. The van der Waals surface area contributed by atoms with E-state index >= 15 is 0 Å². The van der Waals surface area contributed by atoms with Crippen LogP contribution in [0.3, 0.4) is 0 Å². The van der Waals surface area contributed by atoms with Crippen molar-refractivity contribution in [1.29, 1.82) is 0 Å². The highest BCUT2D eigenvalue weighted by atomic mass is 32.2. The second-order valence-electron chi connectivity index (χ2n) is 7.86. The van der Waals surface area contributed by atoms with E-state index in [1.165, 1.54) is 29.8 Å². The van der Waals surface area contributed by atoms with Gasteiger partial charge < -0.3 is 9.64 Å². The number of carbonyl (C=O) groups excluding carboxylic acids is 1. The van der Waals surface area contributed by atoms with E-state index in [0.29, 0.717) is 19.0 Å². The van der Waals surface area contributed by atoms with Gasteiger partial charge in [-0.1, -0.05) is 19.3 Å². The Labute approximate surface area is 151 Å². The van der Waals surface area contributed by atoms with E-state index in [-0.39, 0.29) is 18.1 Å². The van der Waals surface area contributed by atoms with Crippen molar-refractivity contribution < 1.29 is 17.9 Å². The van der Waals surface area contributed by atoms with Gasteiger partial charge in [0.25, 0.3) is 0 Å². The number of amides is 1. The lowest BCUT2D eigenvalue weighted by molar-refractivity contribution is -0.140. The Morgan fingerprint density at radius 1 is 0.840 bits per heavy atom. The molecule has 0 aromatic carbocycles. The van der Waals surface area contributed by atoms with Gasteiger partial charge in [0.1, 0.15) is 0 Å². The lowest BCUT2D eigenvalue weighted by atomic mass is 9.88. The number of carbonyl (C=O) groups is 1. The maximum Gasteiger partial charge on any atom is 0.225 e. The smallest absolute Gasteiger partial charge is 0.225 e. The molecule has 1 aliphatic carbocycles. The predicted octanol–water partition coefficient (Wildman–Crippen LogP) is 2.00. The molecule has 0 unspecified atom stereocenters. The molecule has 1 amide bonds. The number of hydrogen-bond donors (Lipinski definition) is 0. The van der Waals surface area contributed by atoms with Crippen LogP contribution >= 0.6 is 0 Å². The molecule has 0 atom stereocenters. The molecule has 0 radical (unpaired) electrons. The van der Waals surface area contributed by atoms with Crippen molar-refractivity contribution in [3.05, 3.63) is 0 Å². The Morgan fingerprint density at radius 2 is 1.36 bits per heavy atom. The van der Waals surface area contributed by atoms with Gasteiger partial charge in [-0.15, -0.1) is 0 Å². The summed E-state index contributed by atoms with van der Waals surface area (Å²) in [6.45, 7) is 2.73. The highest BCUT2D eigenvalue weighted by Gasteiger charge is 2.31. The lowest BCUT2D eigenvalue weighted by Crippen LogP contribution is -2.46. The molecule has 2 aliphatic heterocycles. The third kappa shape index (κ3) is 5.17. The second kappa shape index (κ2) is 8.35. The number of rotatable bonds is 4. The van der Waals surface area contributed by atoms with Gasteiger partial charge in [0.05, 0.1) is 18.5 Å². The third-order valence-corrected chi connectivity index (χ3v) is 7.27. The normalized spacial score (nSPS) is 26.0. The number of piperidine rings is 2. The molecule has 7 heteroatoms. The minimum atomic E-state index is -3.08. The molecule has 0 aromatic heterocycles. The molecule has 0 N–H and O–H groups in total. The Balaban J connectivity index is 1.39. The minimum Gasteiger partial charge on any atom is -0.375 e. The van der Waals surface area contributed by atoms with Crippen molar-refractivity contribution in [2.24, 2.45) is 5.92 Å². The Hall–Kier alpha value is -0.660. The predicted molar refractivity (Wildman–Crippen MR) is 96.7 cm³/mol. The average molecular weight is 373 g/mol. The van der Waals surface area contributed by atoms with Gasteiger partial charge >= 0.3 is 0 Å². The van der Waals surface area contributed by atoms with Gasteiger partial charge in [-0.3, -0.25) is 4.79 Å². The molecule has 6 nitrogen and oxygen atoms in total. The highest BCUT2D eigenvalue weighted by Crippen LogP contribution is 2.28. The maximum absolute atomic E-state index is 12.6. The number of likely N-dealkylation sites (tertiary alicyclic amines) is 1. The topological polar surface area (TPSA) is 66.9 Å². The van der Waals surface area contributed by atoms with Gasteiger partial charge in [0.2, 0.25) is 15.9 Å². The Bertz CT molecular complexity index is 543. The second-order valence-corrected chi connectivity index (χ2v) is 9.84. The molecule has 144 valence electrons. The quantitative estimate of drug-likeness (QED) is 0.757. The van der Waals surface area contributed by atoms with E-state index in [9.17, 15) is 13.2 Å². The largest absolute Gasteiger partial charge is 0.375 e. The summed E-state index contributed by atoms with van der Waals surface area (Å²) in [4.78, 5) is 14.6. The molecule has 25 heavy (non-hydrogen) atoms. The number of hydrogen-bond acceptors (Lipinski definition) is 4. The van der Waals surface area contributed by atoms with E-state index in [4.69, 9.17) is 4.74 Å². The van der Waals surface area contributed by atoms with Gasteiger partial charge in [-0.05, 0) is 38.5 Å². The van der Waals surface area contributed by atoms with Crippen molar-refractivity contribution in [3.63, 3.8) is 0 Å². The zero-order valence-corrected chi connectivity index (χ0v) is 16.2. The van der Waals surface area contributed by atoms with Crippen LogP contribution in [-0.2, 0) is 19.6 Å². The summed E-state index contributed by atoms with van der Waals surface area (Å²) in [5.74, 6) is 0.617. The molecule has 3 rings (SSSR count). The highest BCUT2D eigenvalue weighted by molar-refractivity contribution is 7.88. The van der Waals surface area contributed by atoms with Gasteiger partial charge in [0.15, 0.2) is 0 Å².